The van der Waals surface area contributed by atoms with Crippen LogP contribution in [0.1, 0.15) is 44.7 Å². The summed E-state index contributed by atoms with van der Waals surface area (Å²) in [7, 11) is 0. The van der Waals surface area contributed by atoms with E-state index in [0.717, 1.165) is 18.4 Å². The fourth-order valence-corrected chi connectivity index (χ4v) is 3.58. The lowest BCUT2D eigenvalue weighted by Crippen LogP contribution is -1.97. The van der Waals surface area contributed by atoms with E-state index >= 15 is 0 Å². The van der Waals surface area contributed by atoms with Gasteiger partial charge in [0.25, 0.3) is 0 Å². The molecule has 0 spiro atoms. The molecule has 0 saturated heterocycles. The normalized spacial score (nSPS) is 13.3. The summed E-state index contributed by atoms with van der Waals surface area (Å²) in [5, 5.41) is 0. The number of hydrogen-bond acceptors (Lipinski definition) is 0. The molecule has 0 nitrogen and oxygen atoms in total. The van der Waals surface area contributed by atoms with Gasteiger partial charge in [-0.05, 0) is 61.5 Å². The van der Waals surface area contributed by atoms with Crippen molar-refractivity contribution in [2.45, 2.75) is 33.6 Å². The van der Waals surface area contributed by atoms with Crippen molar-refractivity contribution >= 4 is 11.1 Å². The molecule has 0 heterocycles. The highest BCUT2D eigenvalue weighted by atomic mass is 14.2. The van der Waals surface area contributed by atoms with Crippen molar-refractivity contribution in [1.29, 1.82) is 0 Å². The van der Waals surface area contributed by atoms with Crippen LogP contribution in [0, 0.1) is 0 Å². The van der Waals surface area contributed by atoms with Crippen LogP contribution in [0.2, 0.25) is 0 Å². The molecule has 0 amide bonds. The van der Waals surface area contributed by atoms with Crippen molar-refractivity contribution in [3.05, 3.63) is 132 Å². The van der Waals surface area contributed by atoms with Gasteiger partial charge in [-0.3, -0.25) is 0 Å². The monoisotopic (exact) mass is 380 g/mol. The lowest BCUT2D eigenvalue weighted by Gasteiger charge is -2.19. The van der Waals surface area contributed by atoms with E-state index in [0.29, 0.717) is 0 Å². The third-order valence-electron chi connectivity index (χ3n) is 4.84. The van der Waals surface area contributed by atoms with Crippen LogP contribution >= 0.6 is 0 Å². The summed E-state index contributed by atoms with van der Waals surface area (Å²) in [6.45, 7) is 14.6. The molecule has 2 aromatic carbocycles. The Morgan fingerprint density at radius 1 is 0.759 bits per heavy atom. The lowest BCUT2D eigenvalue weighted by molar-refractivity contribution is 1.20. The first-order valence-corrected chi connectivity index (χ1v) is 10.2. The van der Waals surface area contributed by atoms with Gasteiger partial charge in [-0.1, -0.05) is 109 Å². The first kappa shape index (κ1) is 22.2. The van der Waals surface area contributed by atoms with Crippen LogP contribution in [-0.2, 0) is 0 Å². The van der Waals surface area contributed by atoms with Gasteiger partial charge in [-0.2, -0.15) is 0 Å². The second-order valence-corrected chi connectivity index (χ2v) is 7.25. The first-order chi connectivity index (χ1) is 14.1. The van der Waals surface area contributed by atoms with Crippen LogP contribution in [0.15, 0.2) is 121 Å². The summed E-state index contributed by atoms with van der Waals surface area (Å²) < 4.78 is 0. The zero-order chi connectivity index (χ0) is 21.1. The Morgan fingerprint density at radius 2 is 1.28 bits per heavy atom. The van der Waals surface area contributed by atoms with E-state index in [1.165, 1.54) is 33.4 Å². The summed E-state index contributed by atoms with van der Waals surface area (Å²) in [5.74, 6) is 0. The Balaban J connectivity index is 2.55. The topological polar surface area (TPSA) is 0 Å². The number of allylic oxidation sites excluding steroid dienone is 10. The van der Waals surface area contributed by atoms with Crippen LogP contribution in [0.5, 0.6) is 0 Å². The molecule has 0 saturated carbocycles. The van der Waals surface area contributed by atoms with Gasteiger partial charge in [-0.25, -0.2) is 0 Å². The molecule has 0 aliphatic carbocycles. The highest BCUT2D eigenvalue weighted by molar-refractivity contribution is 5.94. The average molecular weight is 381 g/mol. The maximum atomic E-state index is 4.28. The van der Waals surface area contributed by atoms with E-state index in [1.54, 1.807) is 0 Å². The molecule has 0 aromatic heterocycles. The summed E-state index contributed by atoms with van der Waals surface area (Å²) in [4.78, 5) is 0. The molecule has 148 valence electrons. The second kappa shape index (κ2) is 11.7. The standard InChI is InChI=1S/C29H32/c1-6-7-8-9-10-13-18-24(4)29(27-21-16-12-17-22-27)25(5)28(23(2)3)26-19-14-11-15-20-26/h6,8-17,19-22H,1-2,7,18H2,3-5H3/b9-8-,13-10+,28-25+,29-24+. The molecule has 2 rings (SSSR count). The minimum atomic E-state index is 0.898. The predicted molar refractivity (Wildman–Crippen MR) is 131 cm³/mol. The molecule has 0 N–H and O–H groups in total. The summed E-state index contributed by atoms with van der Waals surface area (Å²) in [6, 6.07) is 21.2. The van der Waals surface area contributed by atoms with Gasteiger partial charge in [0.05, 0.1) is 0 Å². The van der Waals surface area contributed by atoms with E-state index in [2.05, 4.69) is 119 Å². The largest absolute Gasteiger partial charge is 0.103 e. The van der Waals surface area contributed by atoms with Crippen molar-refractivity contribution in [3.8, 4) is 0 Å². The Labute approximate surface area is 177 Å². The second-order valence-electron chi connectivity index (χ2n) is 7.25. The molecule has 0 radical (unpaired) electrons. The zero-order valence-corrected chi connectivity index (χ0v) is 18.0. The minimum Gasteiger partial charge on any atom is -0.103 e. The minimum absolute atomic E-state index is 0.898. The fourth-order valence-electron chi connectivity index (χ4n) is 3.58. The third-order valence-corrected chi connectivity index (χ3v) is 4.84. The Morgan fingerprint density at radius 3 is 1.79 bits per heavy atom. The highest BCUT2D eigenvalue weighted by Gasteiger charge is 2.14. The summed E-state index contributed by atoms with van der Waals surface area (Å²) >= 11 is 0. The van der Waals surface area contributed by atoms with E-state index in [4.69, 9.17) is 0 Å². The van der Waals surface area contributed by atoms with Gasteiger partial charge in [0.2, 0.25) is 0 Å². The van der Waals surface area contributed by atoms with Crippen molar-refractivity contribution in [2.75, 3.05) is 0 Å². The van der Waals surface area contributed by atoms with Crippen molar-refractivity contribution in [1.82, 2.24) is 0 Å². The van der Waals surface area contributed by atoms with Crippen LogP contribution in [0.3, 0.4) is 0 Å². The van der Waals surface area contributed by atoms with Crippen LogP contribution in [-0.4, -0.2) is 0 Å². The number of benzene rings is 2. The third kappa shape index (κ3) is 6.47. The van der Waals surface area contributed by atoms with Gasteiger partial charge >= 0.3 is 0 Å². The van der Waals surface area contributed by atoms with Gasteiger partial charge in [-0.15, -0.1) is 6.58 Å². The zero-order valence-electron chi connectivity index (χ0n) is 18.0. The molecule has 0 heteroatoms. The van der Waals surface area contributed by atoms with Gasteiger partial charge in [0.15, 0.2) is 0 Å². The Kier molecular flexibility index (Phi) is 8.92. The molecular formula is C29H32. The van der Waals surface area contributed by atoms with Gasteiger partial charge in [0, 0.05) is 0 Å². The SMILES string of the molecule is C=CC/C=C\C=C\C/C(C)=C(\C(C)=C(/C(=C)C)c1ccccc1)c1ccccc1. The number of hydrogen-bond donors (Lipinski definition) is 0. The molecule has 0 unspecified atom stereocenters. The Hall–Kier alpha value is -3.12. The fraction of sp³-hybridized carbons (Fsp3) is 0.172. The van der Waals surface area contributed by atoms with Crippen LogP contribution in [0.4, 0.5) is 0 Å². The molecule has 0 aliphatic heterocycles. The molecular weight excluding hydrogens is 348 g/mol. The van der Waals surface area contributed by atoms with Gasteiger partial charge < -0.3 is 0 Å². The van der Waals surface area contributed by atoms with Gasteiger partial charge in [0.1, 0.15) is 0 Å². The first-order valence-electron chi connectivity index (χ1n) is 10.2. The summed E-state index contributed by atoms with van der Waals surface area (Å²) in [6.07, 6.45) is 12.2. The van der Waals surface area contributed by atoms with Crippen LogP contribution < -0.4 is 0 Å². The van der Waals surface area contributed by atoms with Crippen LogP contribution in [0.25, 0.3) is 11.1 Å². The smallest absolute Gasteiger partial charge is 0.0125 e. The van der Waals surface area contributed by atoms with Crippen molar-refractivity contribution in [2.24, 2.45) is 0 Å². The van der Waals surface area contributed by atoms with E-state index in [-0.39, 0.29) is 0 Å². The predicted octanol–water partition coefficient (Wildman–Crippen LogP) is 8.59. The molecule has 0 aliphatic rings. The van der Waals surface area contributed by atoms with E-state index in [1.807, 2.05) is 6.08 Å². The van der Waals surface area contributed by atoms with Crippen molar-refractivity contribution < 1.29 is 0 Å². The molecule has 0 fully saturated rings. The highest BCUT2D eigenvalue weighted by Crippen LogP contribution is 2.36. The Bertz CT molecular complexity index is 932. The summed E-state index contributed by atoms with van der Waals surface area (Å²) in [5.41, 5.74) is 8.66. The lowest BCUT2D eigenvalue weighted by atomic mass is 9.85. The maximum absolute atomic E-state index is 4.28. The van der Waals surface area contributed by atoms with E-state index in [9.17, 15) is 0 Å². The molecule has 0 bridgehead atoms. The van der Waals surface area contributed by atoms with E-state index < -0.39 is 0 Å². The van der Waals surface area contributed by atoms with Crippen molar-refractivity contribution in [3.63, 3.8) is 0 Å². The quantitative estimate of drug-likeness (QED) is 0.302. The molecule has 0 atom stereocenters. The molecule has 29 heavy (non-hydrogen) atoms. The average Bonchev–Trinajstić information content (AvgIpc) is 2.72. The molecule has 2 aromatic rings. The number of rotatable bonds is 9. The maximum Gasteiger partial charge on any atom is -0.0125 e.